The van der Waals surface area contributed by atoms with E-state index in [4.69, 9.17) is 4.52 Å². The minimum absolute atomic E-state index is 0.308. The lowest BCUT2D eigenvalue weighted by Crippen LogP contribution is -2.12. The molecule has 0 aliphatic rings. The maximum Gasteiger partial charge on any atom is 0.278 e. The number of anilines is 1. The molecule has 0 aliphatic carbocycles. The van der Waals surface area contributed by atoms with Gasteiger partial charge in [-0.2, -0.15) is 16.4 Å². The Labute approximate surface area is 119 Å². The molecule has 20 heavy (non-hydrogen) atoms. The number of amides is 1. The van der Waals surface area contributed by atoms with Crippen molar-refractivity contribution in [3.63, 3.8) is 0 Å². The Kier molecular flexibility index (Phi) is 3.34. The van der Waals surface area contributed by atoms with Crippen LogP contribution in [0.4, 0.5) is 5.88 Å². The molecule has 0 aliphatic heterocycles. The molecule has 3 rings (SSSR count). The van der Waals surface area contributed by atoms with Gasteiger partial charge in [0, 0.05) is 29.8 Å². The zero-order chi connectivity index (χ0) is 13.9. The standard InChI is InChI=1S/C13H12N4O2S/c1-2-17-5-3-10(15-17)13(18)14-12-7-11(16-19-12)9-4-6-20-8-9/h3-8H,2H2,1H3,(H,14,18). The molecule has 6 nitrogen and oxygen atoms in total. The first-order chi connectivity index (χ1) is 9.76. The summed E-state index contributed by atoms with van der Waals surface area (Å²) in [6, 6.07) is 5.29. The molecule has 0 spiro atoms. The van der Waals surface area contributed by atoms with Crippen molar-refractivity contribution in [3.05, 3.63) is 40.8 Å². The number of carbonyl (C=O) groups is 1. The van der Waals surface area contributed by atoms with Crippen molar-refractivity contribution in [1.82, 2.24) is 14.9 Å². The zero-order valence-electron chi connectivity index (χ0n) is 10.7. The van der Waals surface area contributed by atoms with Crippen LogP contribution in [-0.4, -0.2) is 20.8 Å². The van der Waals surface area contributed by atoms with Crippen molar-refractivity contribution in [2.45, 2.75) is 13.5 Å². The smallest absolute Gasteiger partial charge is 0.278 e. The fraction of sp³-hybridized carbons (Fsp3) is 0.154. The summed E-state index contributed by atoms with van der Waals surface area (Å²) in [4.78, 5) is 12.0. The monoisotopic (exact) mass is 288 g/mol. The van der Waals surface area contributed by atoms with Gasteiger partial charge in [-0.05, 0) is 24.4 Å². The van der Waals surface area contributed by atoms with Crippen LogP contribution in [0.25, 0.3) is 11.3 Å². The van der Waals surface area contributed by atoms with E-state index in [1.54, 1.807) is 34.3 Å². The summed E-state index contributed by atoms with van der Waals surface area (Å²) in [7, 11) is 0. The molecule has 0 bridgehead atoms. The highest BCUT2D eigenvalue weighted by Crippen LogP contribution is 2.23. The number of rotatable bonds is 4. The normalized spacial score (nSPS) is 10.7. The van der Waals surface area contributed by atoms with Crippen LogP contribution in [0.15, 0.2) is 39.7 Å². The second-order valence-electron chi connectivity index (χ2n) is 4.10. The van der Waals surface area contributed by atoms with Gasteiger partial charge >= 0.3 is 0 Å². The van der Waals surface area contributed by atoms with Crippen molar-refractivity contribution in [2.24, 2.45) is 0 Å². The van der Waals surface area contributed by atoms with E-state index in [9.17, 15) is 4.79 Å². The summed E-state index contributed by atoms with van der Waals surface area (Å²) >= 11 is 1.58. The maximum atomic E-state index is 12.0. The van der Waals surface area contributed by atoms with Gasteiger partial charge in [-0.1, -0.05) is 5.16 Å². The molecule has 102 valence electrons. The Bertz CT molecular complexity index is 714. The van der Waals surface area contributed by atoms with Gasteiger partial charge in [0.15, 0.2) is 5.69 Å². The van der Waals surface area contributed by atoms with Gasteiger partial charge in [0.2, 0.25) is 5.88 Å². The second kappa shape index (κ2) is 5.30. The molecular formula is C13H12N4O2S. The molecule has 0 saturated heterocycles. The average molecular weight is 288 g/mol. The molecule has 7 heteroatoms. The fourth-order valence-corrected chi connectivity index (χ4v) is 2.36. The number of thiophene rings is 1. The Hall–Kier alpha value is -2.41. The average Bonchev–Trinajstić information content (AvgIpc) is 3.19. The zero-order valence-corrected chi connectivity index (χ0v) is 11.6. The number of hydrogen-bond donors (Lipinski definition) is 1. The van der Waals surface area contributed by atoms with E-state index in [0.29, 0.717) is 17.3 Å². The van der Waals surface area contributed by atoms with Gasteiger partial charge in [-0.25, -0.2) is 0 Å². The minimum Gasteiger partial charge on any atom is -0.338 e. The SMILES string of the molecule is CCn1ccc(C(=O)Nc2cc(-c3ccsc3)no2)n1. The first-order valence-corrected chi connectivity index (χ1v) is 7.04. The molecule has 0 aromatic carbocycles. The van der Waals surface area contributed by atoms with Crippen molar-refractivity contribution in [1.29, 1.82) is 0 Å². The second-order valence-corrected chi connectivity index (χ2v) is 4.88. The Morgan fingerprint density at radius 2 is 2.40 bits per heavy atom. The lowest BCUT2D eigenvalue weighted by atomic mass is 10.2. The van der Waals surface area contributed by atoms with Crippen LogP contribution in [0, 0.1) is 0 Å². The first kappa shape index (κ1) is 12.6. The minimum atomic E-state index is -0.315. The van der Waals surface area contributed by atoms with Gasteiger partial charge in [0.25, 0.3) is 5.91 Å². The summed E-state index contributed by atoms with van der Waals surface area (Å²) in [6.45, 7) is 2.68. The summed E-state index contributed by atoms with van der Waals surface area (Å²) in [5.74, 6) is -0.00697. The third-order valence-corrected chi connectivity index (χ3v) is 3.44. The van der Waals surface area contributed by atoms with Crippen LogP contribution in [0.1, 0.15) is 17.4 Å². The van der Waals surface area contributed by atoms with E-state index >= 15 is 0 Å². The highest BCUT2D eigenvalue weighted by molar-refractivity contribution is 7.08. The van der Waals surface area contributed by atoms with Gasteiger partial charge in [0.05, 0.1) is 0 Å². The topological polar surface area (TPSA) is 73.0 Å². The van der Waals surface area contributed by atoms with Crippen LogP contribution in [0.3, 0.4) is 0 Å². The van der Waals surface area contributed by atoms with Crippen LogP contribution >= 0.6 is 11.3 Å². The van der Waals surface area contributed by atoms with Crippen LogP contribution in [0.2, 0.25) is 0 Å². The predicted octanol–water partition coefficient (Wildman–Crippen LogP) is 2.87. The van der Waals surface area contributed by atoms with E-state index in [1.807, 2.05) is 23.8 Å². The van der Waals surface area contributed by atoms with Crippen molar-refractivity contribution < 1.29 is 9.32 Å². The number of carbonyl (C=O) groups excluding carboxylic acids is 1. The van der Waals surface area contributed by atoms with Crippen LogP contribution in [-0.2, 0) is 6.54 Å². The van der Waals surface area contributed by atoms with Crippen LogP contribution < -0.4 is 5.32 Å². The van der Waals surface area contributed by atoms with Crippen LogP contribution in [0.5, 0.6) is 0 Å². The summed E-state index contributed by atoms with van der Waals surface area (Å²) in [5, 5.41) is 14.6. The van der Waals surface area contributed by atoms with Crippen molar-refractivity contribution in [2.75, 3.05) is 5.32 Å². The fourth-order valence-electron chi connectivity index (χ4n) is 1.72. The summed E-state index contributed by atoms with van der Waals surface area (Å²) in [5.41, 5.74) is 2.01. The van der Waals surface area contributed by atoms with E-state index in [-0.39, 0.29) is 5.91 Å². The summed E-state index contributed by atoms with van der Waals surface area (Å²) in [6.07, 6.45) is 1.76. The van der Waals surface area contributed by atoms with E-state index < -0.39 is 0 Å². The molecule has 1 N–H and O–H groups in total. The van der Waals surface area contributed by atoms with Crippen molar-refractivity contribution >= 4 is 23.1 Å². The highest BCUT2D eigenvalue weighted by Gasteiger charge is 2.13. The maximum absolute atomic E-state index is 12.0. The molecule has 1 amide bonds. The van der Waals surface area contributed by atoms with Gasteiger partial charge in [0.1, 0.15) is 5.69 Å². The summed E-state index contributed by atoms with van der Waals surface area (Å²) < 4.78 is 6.79. The van der Waals surface area contributed by atoms with Gasteiger partial charge < -0.3 is 4.52 Å². The number of hydrogen-bond acceptors (Lipinski definition) is 5. The number of nitrogens with zero attached hydrogens (tertiary/aromatic N) is 3. The first-order valence-electron chi connectivity index (χ1n) is 6.10. The lowest BCUT2D eigenvalue weighted by Gasteiger charge is -1.96. The molecule has 0 fully saturated rings. The van der Waals surface area contributed by atoms with E-state index in [1.165, 1.54) is 0 Å². The van der Waals surface area contributed by atoms with E-state index in [0.717, 1.165) is 12.1 Å². The van der Waals surface area contributed by atoms with Gasteiger partial charge in [-0.3, -0.25) is 14.8 Å². The molecule has 0 atom stereocenters. The number of aromatic nitrogens is 3. The molecule has 0 saturated carbocycles. The quantitative estimate of drug-likeness (QED) is 0.801. The molecule has 0 unspecified atom stereocenters. The van der Waals surface area contributed by atoms with E-state index in [2.05, 4.69) is 15.6 Å². The number of nitrogens with one attached hydrogen (secondary N) is 1. The van der Waals surface area contributed by atoms with Gasteiger partial charge in [-0.15, -0.1) is 0 Å². The predicted molar refractivity (Wildman–Crippen MR) is 75.7 cm³/mol. The Morgan fingerprint density at radius 1 is 1.50 bits per heavy atom. The Balaban J connectivity index is 1.73. The largest absolute Gasteiger partial charge is 0.338 e. The molecule has 3 aromatic rings. The molecule has 3 heterocycles. The highest BCUT2D eigenvalue weighted by atomic mass is 32.1. The van der Waals surface area contributed by atoms with Crippen molar-refractivity contribution in [3.8, 4) is 11.3 Å². The third kappa shape index (κ3) is 2.48. The third-order valence-electron chi connectivity index (χ3n) is 2.76. The molecule has 3 aromatic heterocycles. The Morgan fingerprint density at radius 3 is 3.10 bits per heavy atom. The molecular weight excluding hydrogens is 276 g/mol. The number of aryl methyl sites for hydroxylation is 1. The lowest BCUT2D eigenvalue weighted by molar-refractivity contribution is 0.101. The molecule has 0 radical (unpaired) electrons.